The first-order chi connectivity index (χ1) is 19.3. The van der Waals surface area contributed by atoms with E-state index in [4.69, 9.17) is 32.9 Å². The largest absolute Gasteiger partial charge is 0.490 e. The number of nitrogens with zero attached hydrogens (tertiary/aromatic N) is 6. The number of carboxylic acids is 1. The smallest absolute Gasteiger partial charge is 0.480 e. The van der Waals surface area contributed by atoms with Crippen molar-refractivity contribution in [3.63, 3.8) is 0 Å². The number of fused-ring (bicyclic) bond motifs is 1. The number of ether oxygens (including phenoxy) is 1. The Morgan fingerprint density at radius 3 is 2.63 bits per heavy atom. The molecule has 0 radical (unpaired) electrons. The quantitative estimate of drug-likeness (QED) is 0.396. The van der Waals surface area contributed by atoms with E-state index >= 15 is 0 Å². The normalized spacial score (nSPS) is 22.7. The van der Waals surface area contributed by atoms with Gasteiger partial charge in [-0.2, -0.15) is 18.3 Å². The van der Waals surface area contributed by atoms with Crippen LogP contribution in [-0.2, 0) is 14.3 Å². The minimum absolute atomic E-state index is 0.124. The van der Waals surface area contributed by atoms with Crippen molar-refractivity contribution >= 4 is 52.1 Å². The summed E-state index contributed by atoms with van der Waals surface area (Å²) in [5.74, 6) is -3.01. The number of likely N-dealkylation sites (tertiary alicyclic amines) is 1. The molecule has 0 spiro atoms. The molecule has 4 heterocycles. The second-order valence-electron chi connectivity index (χ2n) is 10.2. The second kappa shape index (κ2) is 11.3. The maximum absolute atomic E-state index is 13.2. The molecule has 0 amide bonds. The van der Waals surface area contributed by atoms with Gasteiger partial charge in [0.15, 0.2) is 5.65 Å². The van der Waals surface area contributed by atoms with Crippen molar-refractivity contribution in [2.75, 3.05) is 24.5 Å². The fourth-order valence-electron chi connectivity index (χ4n) is 5.70. The monoisotopic (exact) mass is 614 g/mol. The Hall–Kier alpha value is -3.16. The van der Waals surface area contributed by atoms with Crippen molar-refractivity contribution < 1.29 is 32.6 Å². The van der Waals surface area contributed by atoms with Gasteiger partial charge in [-0.05, 0) is 57.4 Å². The zero-order valence-electron chi connectivity index (χ0n) is 22.1. The summed E-state index contributed by atoms with van der Waals surface area (Å²) in [5, 5.41) is 15.2. The highest BCUT2D eigenvalue weighted by Crippen LogP contribution is 2.33. The fourth-order valence-corrected chi connectivity index (χ4v) is 6.27. The number of rotatable bonds is 6. The molecule has 41 heavy (non-hydrogen) atoms. The molecule has 220 valence electrons. The van der Waals surface area contributed by atoms with Gasteiger partial charge in [0.2, 0.25) is 0 Å². The molecule has 0 aliphatic carbocycles. The van der Waals surface area contributed by atoms with Gasteiger partial charge in [0.1, 0.15) is 23.5 Å². The number of carbonyl (C=O) groups excluding carboxylic acids is 1. The first-order valence-electron chi connectivity index (χ1n) is 13.0. The predicted molar refractivity (Wildman–Crippen MR) is 144 cm³/mol. The fraction of sp³-hybridized carbons (Fsp3) is 0.500. The number of aliphatic carboxylic acids is 1. The van der Waals surface area contributed by atoms with E-state index in [0.717, 1.165) is 5.56 Å². The van der Waals surface area contributed by atoms with Crippen LogP contribution in [0.2, 0.25) is 10.0 Å². The van der Waals surface area contributed by atoms with Crippen LogP contribution in [0.4, 0.5) is 19.0 Å². The van der Waals surface area contributed by atoms with Crippen LogP contribution in [-0.4, -0.2) is 85.7 Å². The lowest BCUT2D eigenvalue weighted by molar-refractivity contribution is -0.208. The summed E-state index contributed by atoms with van der Waals surface area (Å²) < 4.78 is 46.2. The number of aromatic nitrogens is 4. The van der Waals surface area contributed by atoms with Crippen LogP contribution in [0.3, 0.4) is 0 Å². The topological polar surface area (TPSA) is 114 Å². The molecule has 2 saturated heterocycles. The molecule has 1 N–H and O–H groups in total. The lowest BCUT2D eigenvalue weighted by Gasteiger charge is -2.43. The number of aryl methyl sites for hydroxylation is 1. The molecule has 0 bridgehead atoms. The number of anilines is 1. The summed E-state index contributed by atoms with van der Waals surface area (Å²) in [5.41, 5.74) is 2.36. The average molecular weight is 615 g/mol. The summed E-state index contributed by atoms with van der Waals surface area (Å²) in [7, 11) is 0. The summed E-state index contributed by atoms with van der Waals surface area (Å²) in [6.45, 7) is 4.27. The molecular weight excluding hydrogens is 588 g/mol. The Morgan fingerprint density at radius 1 is 1.20 bits per heavy atom. The van der Waals surface area contributed by atoms with Crippen molar-refractivity contribution in [3.05, 3.63) is 45.7 Å². The van der Waals surface area contributed by atoms with Crippen molar-refractivity contribution in [1.82, 2.24) is 24.6 Å². The third-order valence-electron chi connectivity index (χ3n) is 7.68. The number of benzene rings is 1. The Balaban J connectivity index is 1.46. The van der Waals surface area contributed by atoms with Gasteiger partial charge in [-0.1, -0.05) is 29.3 Å². The van der Waals surface area contributed by atoms with Crippen LogP contribution in [0.5, 0.6) is 0 Å². The van der Waals surface area contributed by atoms with Gasteiger partial charge in [-0.15, -0.1) is 0 Å². The van der Waals surface area contributed by atoms with Gasteiger partial charge in [0, 0.05) is 16.6 Å². The first-order valence-corrected chi connectivity index (χ1v) is 13.8. The average Bonchev–Trinajstić information content (AvgIpc) is 3.53. The highest BCUT2D eigenvalue weighted by molar-refractivity contribution is 6.35. The highest BCUT2D eigenvalue weighted by atomic mass is 35.5. The third kappa shape index (κ3) is 5.80. The maximum atomic E-state index is 13.2. The van der Waals surface area contributed by atoms with E-state index in [-0.39, 0.29) is 19.0 Å². The number of carbonyl (C=O) groups is 2. The minimum atomic E-state index is -5.19. The van der Waals surface area contributed by atoms with Gasteiger partial charge >= 0.3 is 18.1 Å². The number of piperidine rings is 1. The molecule has 0 unspecified atom stereocenters. The molecule has 2 aliphatic heterocycles. The number of alkyl halides is 3. The van der Waals surface area contributed by atoms with Crippen molar-refractivity contribution in [3.8, 4) is 0 Å². The Bertz CT molecular complexity index is 1490. The van der Waals surface area contributed by atoms with Crippen LogP contribution >= 0.6 is 23.2 Å². The van der Waals surface area contributed by atoms with Crippen LogP contribution in [0.15, 0.2) is 24.4 Å². The molecule has 10 nitrogen and oxygen atoms in total. The van der Waals surface area contributed by atoms with E-state index in [1.54, 1.807) is 39.6 Å². The lowest BCUT2D eigenvalue weighted by atomic mass is 9.98. The second-order valence-corrected chi connectivity index (χ2v) is 11.1. The van der Waals surface area contributed by atoms with E-state index in [2.05, 4.69) is 10.1 Å². The first kappa shape index (κ1) is 29.3. The van der Waals surface area contributed by atoms with Crippen LogP contribution in [0, 0.1) is 6.92 Å². The Kier molecular flexibility index (Phi) is 8.05. The van der Waals surface area contributed by atoms with E-state index in [1.165, 1.54) is 6.20 Å². The molecule has 2 fully saturated rings. The third-order valence-corrected chi connectivity index (χ3v) is 8.24. The van der Waals surface area contributed by atoms with Crippen LogP contribution in [0.25, 0.3) is 11.2 Å². The minimum Gasteiger partial charge on any atom is -0.480 e. The van der Waals surface area contributed by atoms with Crippen LogP contribution in [0.1, 0.15) is 43.5 Å². The number of hydrogen-bond acceptors (Lipinski definition) is 8. The van der Waals surface area contributed by atoms with Gasteiger partial charge in [-0.25, -0.2) is 19.4 Å². The Morgan fingerprint density at radius 2 is 1.95 bits per heavy atom. The molecule has 5 rings (SSSR count). The number of esters is 1. The number of hydrogen-bond donors (Lipinski definition) is 1. The van der Waals surface area contributed by atoms with E-state index < -0.39 is 36.3 Å². The standard InChI is InChI=1S/C26H27Cl2F3N6O4/c1-13-22-23(37(34-13)14(2)16-6-5-15(27)10-17(16)28)33-21(11-32-22)35-9-7-18(36-8-3-4-19(36)24(38)39)20(12-35)41-25(40)26(29,30)31/h5-6,10-11,14,18-20H,3-4,7-9,12H2,1-2H3,(H,38,39)/t14-,18+,19+,20-/m1/s1. The van der Waals surface area contributed by atoms with Gasteiger partial charge in [-0.3, -0.25) is 9.69 Å². The summed E-state index contributed by atoms with van der Waals surface area (Å²) >= 11 is 12.5. The van der Waals surface area contributed by atoms with Gasteiger partial charge in [0.05, 0.1) is 30.5 Å². The van der Waals surface area contributed by atoms with E-state index in [9.17, 15) is 27.9 Å². The molecule has 3 aromatic rings. The molecule has 2 aromatic heterocycles. The zero-order valence-corrected chi connectivity index (χ0v) is 23.6. The summed E-state index contributed by atoms with van der Waals surface area (Å²) in [6.07, 6.45) is -3.72. The molecule has 2 aliphatic rings. The van der Waals surface area contributed by atoms with Gasteiger partial charge in [0.25, 0.3) is 0 Å². The van der Waals surface area contributed by atoms with Gasteiger partial charge < -0.3 is 14.7 Å². The Labute approximate surface area is 243 Å². The molecule has 1 aromatic carbocycles. The van der Waals surface area contributed by atoms with E-state index in [0.29, 0.717) is 58.7 Å². The van der Waals surface area contributed by atoms with Crippen LogP contribution < -0.4 is 4.90 Å². The molecule has 0 saturated carbocycles. The molecule has 15 heteroatoms. The summed E-state index contributed by atoms with van der Waals surface area (Å²) in [6, 6.07) is 3.24. The molecule has 4 atom stereocenters. The maximum Gasteiger partial charge on any atom is 0.490 e. The number of carboxylic acid groups (broad SMARTS) is 1. The molecular formula is C26H27Cl2F3N6O4. The highest BCUT2D eigenvalue weighted by Gasteiger charge is 2.47. The lowest BCUT2D eigenvalue weighted by Crippen LogP contribution is -2.58. The predicted octanol–water partition coefficient (Wildman–Crippen LogP) is 4.65. The SMILES string of the molecule is Cc1nn([C@H](C)c2ccc(Cl)cc2Cl)c2nc(N3CC[C@H](N4CCC[C@H]4C(=O)O)[C@H](OC(=O)C(F)(F)F)C3)cnc12. The van der Waals surface area contributed by atoms with Crippen molar-refractivity contribution in [2.24, 2.45) is 0 Å². The zero-order chi connectivity index (χ0) is 29.6. The van der Waals surface area contributed by atoms with Crippen molar-refractivity contribution in [2.45, 2.75) is 63.5 Å². The van der Waals surface area contributed by atoms with Crippen molar-refractivity contribution in [1.29, 1.82) is 0 Å². The van der Waals surface area contributed by atoms with E-state index in [1.807, 2.05) is 6.92 Å². The number of halogens is 5. The summed E-state index contributed by atoms with van der Waals surface area (Å²) in [4.78, 5) is 36.3.